The Labute approximate surface area is 124 Å². The summed E-state index contributed by atoms with van der Waals surface area (Å²) in [5, 5.41) is 0. The van der Waals surface area contributed by atoms with Gasteiger partial charge in [-0.1, -0.05) is 48.5 Å². The molecule has 0 aliphatic rings. The van der Waals surface area contributed by atoms with Crippen LogP contribution in [0.5, 0.6) is 0 Å². The van der Waals surface area contributed by atoms with E-state index in [2.05, 4.69) is 0 Å². The summed E-state index contributed by atoms with van der Waals surface area (Å²) in [5.74, 6) is -0.465. The summed E-state index contributed by atoms with van der Waals surface area (Å²) in [6, 6.07) is 16.1. The minimum absolute atomic E-state index is 0.0551. The normalized spacial score (nSPS) is 10.4. The number of rotatable bonds is 6. The van der Waals surface area contributed by atoms with Gasteiger partial charge in [0.05, 0.1) is 6.42 Å². The fourth-order valence-electron chi connectivity index (χ4n) is 2.17. The van der Waals surface area contributed by atoms with Crippen LogP contribution in [0.1, 0.15) is 11.1 Å². The van der Waals surface area contributed by atoms with Crippen molar-refractivity contribution in [3.8, 4) is 0 Å². The maximum Gasteiger partial charge on any atom is 0.227 e. The molecule has 0 saturated carbocycles. The van der Waals surface area contributed by atoms with E-state index in [-0.39, 0.29) is 18.1 Å². The van der Waals surface area contributed by atoms with Gasteiger partial charge in [0.25, 0.3) is 0 Å². The Morgan fingerprint density at radius 1 is 1.05 bits per heavy atom. The van der Waals surface area contributed by atoms with Crippen LogP contribution in [-0.4, -0.2) is 23.9 Å². The molecule has 0 atom stereocenters. The molecule has 0 unspecified atom stereocenters. The predicted octanol–water partition coefficient (Wildman–Crippen LogP) is 2.36. The highest BCUT2D eigenvalue weighted by atomic mass is 19.1. The molecule has 0 bridgehead atoms. The van der Waals surface area contributed by atoms with Crippen molar-refractivity contribution in [3.63, 3.8) is 0 Å². The van der Waals surface area contributed by atoms with Crippen LogP contribution in [0, 0.1) is 5.82 Å². The molecule has 0 fully saturated rings. The second-order valence-corrected chi connectivity index (χ2v) is 4.86. The first-order valence-electron chi connectivity index (χ1n) is 6.96. The fourth-order valence-corrected chi connectivity index (χ4v) is 2.17. The van der Waals surface area contributed by atoms with E-state index >= 15 is 0 Å². The van der Waals surface area contributed by atoms with Crippen LogP contribution in [0.4, 0.5) is 4.39 Å². The monoisotopic (exact) mass is 286 g/mol. The van der Waals surface area contributed by atoms with E-state index in [1.165, 1.54) is 6.07 Å². The lowest BCUT2D eigenvalue weighted by Crippen LogP contribution is -2.36. The molecule has 3 nitrogen and oxygen atoms in total. The number of carbonyl (C=O) groups is 1. The third-order valence-corrected chi connectivity index (χ3v) is 3.27. The van der Waals surface area contributed by atoms with E-state index in [4.69, 9.17) is 5.73 Å². The van der Waals surface area contributed by atoms with Gasteiger partial charge < -0.3 is 10.6 Å². The molecule has 2 rings (SSSR count). The zero-order valence-electron chi connectivity index (χ0n) is 11.8. The van der Waals surface area contributed by atoms with Crippen molar-refractivity contribution in [1.82, 2.24) is 4.90 Å². The highest BCUT2D eigenvalue weighted by Gasteiger charge is 2.15. The Balaban J connectivity index is 2.07. The molecule has 0 radical (unpaired) electrons. The van der Waals surface area contributed by atoms with Gasteiger partial charge in [0.15, 0.2) is 0 Å². The van der Waals surface area contributed by atoms with Crippen molar-refractivity contribution in [2.45, 2.75) is 13.0 Å². The van der Waals surface area contributed by atoms with E-state index in [9.17, 15) is 9.18 Å². The van der Waals surface area contributed by atoms with Gasteiger partial charge >= 0.3 is 0 Å². The van der Waals surface area contributed by atoms with E-state index in [0.29, 0.717) is 25.2 Å². The Kier molecular flexibility index (Phi) is 5.46. The van der Waals surface area contributed by atoms with Crippen LogP contribution in [0.15, 0.2) is 54.6 Å². The summed E-state index contributed by atoms with van der Waals surface area (Å²) in [4.78, 5) is 14.0. The molecule has 0 aliphatic heterocycles. The summed E-state index contributed by atoms with van der Waals surface area (Å²) in [7, 11) is 0. The van der Waals surface area contributed by atoms with Gasteiger partial charge in [-0.15, -0.1) is 0 Å². The SMILES string of the molecule is NCCN(Cc1ccccc1)C(=O)Cc1ccccc1F. The molecular weight excluding hydrogens is 267 g/mol. The van der Waals surface area contributed by atoms with Gasteiger partial charge in [-0.25, -0.2) is 4.39 Å². The number of nitrogens with zero attached hydrogens (tertiary/aromatic N) is 1. The number of nitrogens with two attached hydrogens (primary N) is 1. The lowest BCUT2D eigenvalue weighted by molar-refractivity contribution is -0.131. The largest absolute Gasteiger partial charge is 0.337 e. The Morgan fingerprint density at radius 3 is 2.38 bits per heavy atom. The summed E-state index contributed by atoms with van der Waals surface area (Å²) >= 11 is 0. The summed E-state index contributed by atoms with van der Waals surface area (Å²) in [6.07, 6.45) is 0.0551. The molecule has 0 saturated heterocycles. The molecule has 0 aromatic heterocycles. The molecule has 4 heteroatoms. The van der Waals surface area contributed by atoms with Crippen LogP contribution < -0.4 is 5.73 Å². The van der Waals surface area contributed by atoms with Gasteiger partial charge in [0.1, 0.15) is 5.82 Å². The maximum atomic E-state index is 13.6. The minimum Gasteiger partial charge on any atom is -0.337 e. The van der Waals surface area contributed by atoms with Crippen LogP contribution in [0.2, 0.25) is 0 Å². The minimum atomic E-state index is -0.349. The molecule has 2 aromatic carbocycles. The van der Waals surface area contributed by atoms with Gasteiger partial charge in [-0.3, -0.25) is 4.79 Å². The molecule has 1 amide bonds. The summed E-state index contributed by atoms with van der Waals surface area (Å²) in [5.41, 5.74) is 7.03. The molecular formula is C17H19FN2O. The second-order valence-electron chi connectivity index (χ2n) is 4.86. The quantitative estimate of drug-likeness (QED) is 0.886. The average molecular weight is 286 g/mol. The van der Waals surface area contributed by atoms with Crippen molar-refractivity contribution in [3.05, 3.63) is 71.5 Å². The van der Waals surface area contributed by atoms with Crippen LogP contribution in [0.3, 0.4) is 0 Å². The maximum absolute atomic E-state index is 13.6. The number of carbonyl (C=O) groups excluding carboxylic acids is 1. The van der Waals surface area contributed by atoms with E-state index in [1.807, 2.05) is 30.3 Å². The molecule has 0 spiro atoms. The van der Waals surface area contributed by atoms with Gasteiger partial charge in [-0.05, 0) is 17.2 Å². The predicted molar refractivity (Wildman–Crippen MR) is 81.0 cm³/mol. The van der Waals surface area contributed by atoms with Gasteiger partial charge in [0, 0.05) is 19.6 Å². The first kappa shape index (κ1) is 15.2. The lowest BCUT2D eigenvalue weighted by Gasteiger charge is -2.22. The molecule has 2 aromatic rings. The average Bonchev–Trinajstić information content (AvgIpc) is 2.50. The topological polar surface area (TPSA) is 46.3 Å². The van der Waals surface area contributed by atoms with E-state index < -0.39 is 0 Å². The molecule has 21 heavy (non-hydrogen) atoms. The Hall–Kier alpha value is -2.20. The Bertz CT molecular complexity index is 586. The Morgan fingerprint density at radius 2 is 1.71 bits per heavy atom. The molecule has 0 heterocycles. The first-order chi connectivity index (χ1) is 10.2. The van der Waals surface area contributed by atoms with Crippen molar-refractivity contribution in [2.24, 2.45) is 5.73 Å². The van der Waals surface area contributed by atoms with Gasteiger partial charge in [-0.2, -0.15) is 0 Å². The number of halogens is 1. The second kappa shape index (κ2) is 7.55. The van der Waals surface area contributed by atoms with Gasteiger partial charge in [0.2, 0.25) is 5.91 Å². The van der Waals surface area contributed by atoms with Crippen molar-refractivity contribution < 1.29 is 9.18 Å². The molecule has 0 aliphatic carbocycles. The molecule has 2 N–H and O–H groups in total. The standard InChI is InChI=1S/C17H19FN2O/c18-16-9-5-4-8-15(16)12-17(21)20(11-10-19)13-14-6-2-1-3-7-14/h1-9H,10-13,19H2. The summed E-state index contributed by atoms with van der Waals surface area (Å²) in [6.45, 7) is 1.34. The smallest absolute Gasteiger partial charge is 0.227 e. The van der Waals surface area contributed by atoms with E-state index in [1.54, 1.807) is 23.1 Å². The zero-order chi connectivity index (χ0) is 15.1. The fraction of sp³-hybridized carbons (Fsp3) is 0.235. The van der Waals surface area contributed by atoms with E-state index in [0.717, 1.165) is 5.56 Å². The van der Waals surface area contributed by atoms with Crippen LogP contribution >= 0.6 is 0 Å². The van der Waals surface area contributed by atoms with Crippen LogP contribution in [-0.2, 0) is 17.8 Å². The number of hydrogen-bond donors (Lipinski definition) is 1. The number of amides is 1. The highest BCUT2D eigenvalue weighted by Crippen LogP contribution is 2.11. The zero-order valence-corrected chi connectivity index (χ0v) is 11.8. The lowest BCUT2D eigenvalue weighted by atomic mass is 10.1. The summed E-state index contributed by atoms with van der Waals surface area (Å²) < 4.78 is 13.6. The van der Waals surface area contributed by atoms with Crippen molar-refractivity contribution >= 4 is 5.91 Å². The van der Waals surface area contributed by atoms with Crippen molar-refractivity contribution in [1.29, 1.82) is 0 Å². The van der Waals surface area contributed by atoms with Crippen LogP contribution in [0.25, 0.3) is 0 Å². The number of benzene rings is 2. The number of hydrogen-bond acceptors (Lipinski definition) is 2. The molecule has 110 valence electrons. The third kappa shape index (κ3) is 4.39. The third-order valence-electron chi connectivity index (χ3n) is 3.27. The highest BCUT2D eigenvalue weighted by molar-refractivity contribution is 5.78. The van der Waals surface area contributed by atoms with Crippen molar-refractivity contribution in [2.75, 3.05) is 13.1 Å². The first-order valence-corrected chi connectivity index (χ1v) is 6.96.